The smallest absolute Gasteiger partial charge is 0.138 e. The molecule has 14 heavy (non-hydrogen) atoms. The predicted molar refractivity (Wildman–Crippen MR) is 55.7 cm³/mol. The fourth-order valence-electron chi connectivity index (χ4n) is 1.55. The average molecular weight is 184 g/mol. The molecule has 1 fully saturated rings. The van der Waals surface area contributed by atoms with Crippen LogP contribution in [0.25, 0.3) is 0 Å². The maximum Gasteiger partial charge on any atom is 0.138 e. The standard InChI is InChI=1S/C13H12O/c14-11-13(8-4-9-13)10-7-12-5-2-1-3-6-12/h1-3,5-6,11H,4,8-9H2. The molecule has 1 heteroatoms. The zero-order chi connectivity index (χ0) is 9.86. The zero-order valence-corrected chi connectivity index (χ0v) is 7.99. The van der Waals surface area contributed by atoms with Gasteiger partial charge in [0.05, 0.1) is 5.41 Å². The molecule has 0 amide bonds. The summed E-state index contributed by atoms with van der Waals surface area (Å²) >= 11 is 0. The Kier molecular flexibility index (Phi) is 2.37. The van der Waals surface area contributed by atoms with E-state index in [1.165, 1.54) is 0 Å². The van der Waals surface area contributed by atoms with Crippen LogP contribution in [0.3, 0.4) is 0 Å². The fourth-order valence-corrected chi connectivity index (χ4v) is 1.55. The first-order chi connectivity index (χ1) is 6.85. The number of hydrogen-bond acceptors (Lipinski definition) is 1. The Bertz CT molecular complexity index is 377. The van der Waals surface area contributed by atoms with Gasteiger partial charge in [0.1, 0.15) is 6.29 Å². The third-order valence-electron chi connectivity index (χ3n) is 2.70. The molecule has 0 N–H and O–H groups in total. The third kappa shape index (κ3) is 1.70. The minimum atomic E-state index is -0.324. The van der Waals surface area contributed by atoms with Crippen molar-refractivity contribution < 1.29 is 4.79 Å². The van der Waals surface area contributed by atoms with Crippen LogP contribution in [0.1, 0.15) is 24.8 Å². The van der Waals surface area contributed by atoms with E-state index in [1.54, 1.807) is 0 Å². The topological polar surface area (TPSA) is 17.1 Å². The van der Waals surface area contributed by atoms with Crippen LogP contribution in [0, 0.1) is 17.3 Å². The summed E-state index contributed by atoms with van der Waals surface area (Å²) in [4.78, 5) is 10.8. The Morgan fingerprint density at radius 1 is 1.21 bits per heavy atom. The monoisotopic (exact) mass is 184 g/mol. The van der Waals surface area contributed by atoms with Gasteiger partial charge in [0, 0.05) is 5.56 Å². The molecule has 1 saturated carbocycles. The maximum absolute atomic E-state index is 10.8. The van der Waals surface area contributed by atoms with Crippen LogP contribution in [0.4, 0.5) is 0 Å². The SMILES string of the molecule is O=CC1(C#Cc2ccccc2)CCC1. The van der Waals surface area contributed by atoms with Crippen LogP contribution in [0.2, 0.25) is 0 Å². The second-order valence-corrected chi connectivity index (χ2v) is 3.74. The van der Waals surface area contributed by atoms with Gasteiger partial charge in [-0.05, 0) is 31.4 Å². The quantitative estimate of drug-likeness (QED) is 0.484. The van der Waals surface area contributed by atoms with E-state index in [0.717, 1.165) is 31.1 Å². The van der Waals surface area contributed by atoms with E-state index in [4.69, 9.17) is 0 Å². The van der Waals surface area contributed by atoms with Crippen LogP contribution < -0.4 is 0 Å². The molecule has 0 atom stereocenters. The van der Waals surface area contributed by atoms with Crippen molar-refractivity contribution in [2.45, 2.75) is 19.3 Å². The Morgan fingerprint density at radius 3 is 2.43 bits per heavy atom. The summed E-state index contributed by atoms with van der Waals surface area (Å²) in [6.07, 6.45) is 3.99. The van der Waals surface area contributed by atoms with Crippen LogP contribution in [-0.4, -0.2) is 6.29 Å². The van der Waals surface area contributed by atoms with Crippen molar-refractivity contribution in [1.82, 2.24) is 0 Å². The van der Waals surface area contributed by atoms with Crippen molar-refractivity contribution >= 4 is 6.29 Å². The van der Waals surface area contributed by atoms with Gasteiger partial charge in [-0.15, -0.1) is 0 Å². The van der Waals surface area contributed by atoms with Crippen LogP contribution in [-0.2, 0) is 4.79 Å². The van der Waals surface area contributed by atoms with Crippen molar-refractivity contribution in [3.63, 3.8) is 0 Å². The normalized spacial score (nSPS) is 17.4. The van der Waals surface area contributed by atoms with Crippen molar-refractivity contribution in [3.05, 3.63) is 35.9 Å². The minimum absolute atomic E-state index is 0.324. The summed E-state index contributed by atoms with van der Waals surface area (Å²) in [7, 11) is 0. The molecule has 0 radical (unpaired) electrons. The Hall–Kier alpha value is -1.55. The van der Waals surface area contributed by atoms with E-state index in [2.05, 4.69) is 11.8 Å². The summed E-state index contributed by atoms with van der Waals surface area (Å²) in [5.74, 6) is 6.14. The highest BCUT2D eigenvalue weighted by Crippen LogP contribution is 2.38. The number of carbonyl (C=O) groups excluding carboxylic acids is 1. The maximum atomic E-state index is 10.8. The summed E-state index contributed by atoms with van der Waals surface area (Å²) < 4.78 is 0. The van der Waals surface area contributed by atoms with Gasteiger partial charge < -0.3 is 4.79 Å². The van der Waals surface area contributed by atoms with Gasteiger partial charge in [-0.3, -0.25) is 0 Å². The molecule has 1 aromatic carbocycles. The minimum Gasteiger partial charge on any atom is -0.302 e. The second-order valence-electron chi connectivity index (χ2n) is 3.74. The van der Waals surface area contributed by atoms with Crippen LogP contribution >= 0.6 is 0 Å². The van der Waals surface area contributed by atoms with Gasteiger partial charge in [-0.2, -0.15) is 0 Å². The van der Waals surface area contributed by atoms with Crippen molar-refractivity contribution in [1.29, 1.82) is 0 Å². The molecule has 0 heterocycles. The molecule has 0 aliphatic heterocycles. The largest absolute Gasteiger partial charge is 0.302 e. The van der Waals surface area contributed by atoms with Crippen molar-refractivity contribution in [3.8, 4) is 11.8 Å². The van der Waals surface area contributed by atoms with E-state index in [9.17, 15) is 4.79 Å². The van der Waals surface area contributed by atoms with Gasteiger partial charge in [-0.25, -0.2) is 0 Å². The van der Waals surface area contributed by atoms with E-state index in [-0.39, 0.29) is 5.41 Å². The summed E-state index contributed by atoms with van der Waals surface area (Å²) in [5, 5.41) is 0. The number of benzene rings is 1. The molecule has 70 valence electrons. The molecule has 0 aromatic heterocycles. The highest BCUT2D eigenvalue weighted by atomic mass is 16.1. The lowest BCUT2D eigenvalue weighted by Gasteiger charge is -2.30. The number of aldehydes is 1. The summed E-state index contributed by atoms with van der Waals surface area (Å²) in [5.41, 5.74) is 0.663. The molecule has 0 spiro atoms. The molecule has 0 saturated heterocycles. The van der Waals surface area contributed by atoms with Gasteiger partial charge in [0.2, 0.25) is 0 Å². The van der Waals surface area contributed by atoms with Gasteiger partial charge >= 0.3 is 0 Å². The second kappa shape index (κ2) is 3.67. The van der Waals surface area contributed by atoms with E-state index < -0.39 is 0 Å². The first kappa shape index (κ1) is 9.02. The molecule has 0 bridgehead atoms. The lowest BCUT2D eigenvalue weighted by Crippen LogP contribution is -2.28. The molecule has 1 aliphatic rings. The van der Waals surface area contributed by atoms with Crippen LogP contribution in [0.15, 0.2) is 30.3 Å². The summed E-state index contributed by atoms with van der Waals surface area (Å²) in [6, 6.07) is 9.80. The average Bonchev–Trinajstić information content (AvgIpc) is 2.19. The number of carbonyl (C=O) groups is 1. The Labute approximate surface area is 84.1 Å². The number of hydrogen-bond donors (Lipinski definition) is 0. The summed E-state index contributed by atoms with van der Waals surface area (Å²) in [6.45, 7) is 0. The third-order valence-corrected chi connectivity index (χ3v) is 2.70. The van der Waals surface area contributed by atoms with Crippen molar-refractivity contribution in [2.75, 3.05) is 0 Å². The van der Waals surface area contributed by atoms with Gasteiger partial charge in [0.25, 0.3) is 0 Å². The molecule has 1 aromatic rings. The van der Waals surface area contributed by atoms with E-state index >= 15 is 0 Å². The van der Waals surface area contributed by atoms with E-state index in [0.29, 0.717) is 0 Å². The first-order valence-electron chi connectivity index (χ1n) is 4.89. The molecular formula is C13H12O. The van der Waals surface area contributed by atoms with Gasteiger partial charge in [0.15, 0.2) is 0 Å². The first-order valence-corrected chi connectivity index (χ1v) is 4.89. The van der Waals surface area contributed by atoms with Gasteiger partial charge in [-0.1, -0.05) is 30.0 Å². The highest BCUT2D eigenvalue weighted by Gasteiger charge is 2.34. The fraction of sp³-hybridized carbons (Fsp3) is 0.308. The highest BCUT2D eigenvalue weighted by molar-refractivity contribution is 5.67. The molecule has 2 rings (SSSR count). The molecule has 1 aliphatic carbocycles. The lowest BCUT2D eigenvalue weighted by atomic mass is 9.70. The zero-order valence-electron chi connectivity index (χ0n) is 7.99. The Balaban J connectivity index is 2.17. The molecular weight excluding hydrogens is 172 g/mol. The van der Waals surface area contributed by atoms with Crippen molar-refractivity contribution in [2.24, 2.45) is 5.41 Å². The predicted octanol–water partition coefficient (Wildman–Crippen LogP) is 2.41. The Morgan fingerprint density at radius 2 is 1.93 bits per heavy atom. The van der Waals surface area contributed by atoms with E-state index in [1.807, 2.05) is 30.3 Å². The van der Waals surface area contributed by atoms with Crippen LogP contribution in [0.5, 0.6) is 0 Å². The molecule has 0 unspecified atom stereocenters. The molecule has 1 nitrogen and oxygen atoms in total. The lowest BCUT2D eigenvalue weighted by molar-refractivity contribution is -0.116. The number of rotatable bonds is 1.